The van der Waals surface area contributed by atoms with Gasteiger partial charge in [-0.3, -0.25) is 0 Å². The SMILES string of the molecule is COC(=O)NCc1cc(Br)ccc1OC. The van der Waals surface area contributed by atoms with E-state index in [1.165, 1.54) is 7.11 Å². The fourth-order valence-electron chi connectivity index (χ4n) is 1.12. The van der Waals surface area contributed by atoms with Crippen LogP contribution < -0.4 is 10.1 Å². The number of hydrogen-bond acceptors (Lipinski definition) is 3. The van der Waals surface area contributed by atoms with E-state index in [4.69, 9.17) is 4.74 Å². The second-order valence-electron chi connectivity index (χ2n) is 2.80. The Morgan fingerprint density at radius 1 is 1.47 bits per heavy atom. The van der Waals surface area contributed by atoms with Crippen LogP contribution in [0.3, 0.4) is 0 Å². The van der Waals surface area contributed by atoms with Gasteiger partial charge in [0.05, 0.1) is 14.2 Å². The standard InChI is InChI=1S/C10H12BrNO3/c1-14-9-4-3-8(11)5-7(9)6-12-10(13)15-2/h3-5H,6H2,1-2H3,(H,12,13). The topological polar surface area (TPSA) is 47.6 Å². The minimum absolute atomic E-state index is 0.370. The molecular formula is C10H12BrNO3. The zero-order chi connectivity index (χ0) is 11.3. The lowest BCUT2D eigenvalue weighted by atomic mass is 10.2. The molecule has 0 spiro atoms. The minimum atomic E-state index is -0.461. The number of carbonyl (C=O) groups excluding carboxylic acids is 1. The lowest BCUT2D eigenvalue weighted by Crippen LogP contribution is -2.22. The van der Waals surface area contributed by atoms with E-state index in [1.54, 1.807) is 7.11 Å². The molecule has 0 aliphatic rings. The predicted molar refractivity (Wildman–Crippen MR) is 59.9 cm³/mol. The van der Waals surface area contributed by atoms with Gasteiger partial charge in [-0.05, 0) is 18.2 Å². The van der Waals surface area contributed by atoms with Gasteiger partial charge in [-0.2, -0.15) is 0 Å². The van der Waals surface area contributed by atoms with Crippen molar-refractivity contribution >= 4 is 22.0 Å². The van der Waals surface area contributed by atoms with Crippen molar-refractivity contribution in [3.8, 4) is 5.75 Å². The van der Waals surface area contributed by atoms with Crippen LogP contribution in [0.15, 0.2) is 22.7 Å². The molecule has 0 aromatic heterocycles. The van der Waals surface area contributed by atoms with Crippen molar-refractivity contribution in [2.24, 2.45) is 0 Å². The molecule has 0 bridgehead atoms. The van der Waals surface area contributed by atoms with Gasteiger partial charge in [0.1, 0.15) is 5.75 Å². The summed E-state index contributed by atoms with van der Waals surface area (Å²) < 4.78 is 10.6. The molecular weight excluding hydrogens is 262 g/mol. The molecule has 0 atom stereocenters. The van der Waals surface area contributed by atoms with Crippen molar-refractivity contribution in [2.45, 2.75) is 6.54 Å². The van der Waals surface area contributed by atoms with E-state index < -0.39 is 6.09 Å². The van der Waals surface area contributed by atoms with Crippen LogP contribution in [0.25, 0.3) is 0 Å². The van der Waals surface area contributed by atoms with Crippen molar-refractivity contribution < 1.29 is 14.3 Å². The molecule has 82 valence electrons. The molecule has 1 aromatic rings. The third kappa shape index (κ3) is 3.43. The van der Waals surface area contributed by atoms with Crippen molar-refractivity contribution in [3.63, 3.8) is 0 Å². The fraction of sp³-hybridized carbons (Fsp3) is 0.300. The van der Waals surface area contributed by atoms with Gasteiger partial charge in [-0.25, -0.2) is 4.79 Å². The van der Waals surface area contributed by atoms with Crippen LogP contribution in [0.2, 0.25) is 0 Å². The summed E-state index contributed by atoms with van der Waals surface area (Å²) in [7, 11) is 2.92. The van der Waals surface area contributed by atoms with E-state index in [-0.39, 0.29) is 0 Å². The van der Waals surface area contributed by atoms with E-state index in [9.17, 15) is 4.79 Å². The average Bonchev–Trinajstić information content (AvgIpc) is 2.26. The number of nitrogens with one attached hydrogen (secondary N) is 1. The highest BCUT2D eigenvalue weighted by molar-refractivity contribution is 9.10. The van der Waals surface area contributed by atoms with Crippen LogP contribution in [0.1, 0.15) is 5.56 Å². The molecule has 1 N–H and O–H groups in total. The molecule has 0 heterocycles. The van der Waals surface area contributed by atoms with Gasteiger partial charge in [0.2, 0.25) is 0 Å². The number of ether oxygens (including phenoxy) is 2. The lowest BCUT2D eigenvalue weighted by molar-refractivity contribution is 0.170. The second-order valence-corrected chi connectivity index (χ2v) is 3.72. The van der Waals surface area contributed by atoms with Crippen LogP contribution in [0, 0.1) is 0 Å². The Kier molecular flexibility index (Phi) is 4.42. The number of halogens is 1. The van der Waals surface area contributed by atoms with E-state index in [2.05, 4.69) is 26.0 Å². The molecule has 4 nitrogen and oxygen atoms in total. The number of methoxy groups -OCH3 is 2. The van der Waals surface area contributed by atoms with Crippen LogP contribution in [-0.2, 0) is 11.3 Å². The molecule has 0 saturated carbocycles. The first-order valence-corrected chi connectivity index (χ1v) is 5.11. The maximum absolute atomic E-state index is 10.9. The van der Waals surface area contributed by atoms with Crippen molar-refractivity contribution in [1.82, 2.24) is 5.32 Å². The monoisotopic (exact) mass is 273 g/mol. The van der Waals surface area contributed by atoms with Gasteiger partial charge < -0.3 is 14.8 Å². The summed E-state index contributed by atoms with van der Waals surface area (Å²) in [5, 5.41) is 2.59. The largest absolute Gasteiger partial charge is 0.496 e. The maximum atomic E-state index is 10.9. The Morgan fingerprint density at radius 2 is 2.20 bits per heavy atom. The zero-order valence-electron chi connectivity index (χ0n) is 8.54. The highest BCUT2D eigenvalue weighted by Gasteiger charge is 2.05. The number of rotatable bonds is 3. The van der Waals surface area contributed by atoms with Crippen molar-refractivity contribution in [2.75, 3.05) is 14.2 Å². The highest BCUT2D eigenvalue weighted by atomic mass is 79.9. The van der Waals surface area contributed by atoms with E-state index in [1.807, 2.05) is 18.2 Å². The van der Waals surface area contributed by atoms with E-state index >= 15 is 0 Å². The molecule has 0 radical (unpaired) electrons. The summed E-state index contributed by atoms with van der Waals surface area (Å²) in [6.45, 7) is 0.370. The lowest BCUT2D eigenvalue weighted by Gasteiger charge is -2.09. The van der Waals surface area contributed by atoms with Crippen molar-refractivity contribution in [1.29, 1.82) is 0 Å². The highest BCUT2D eigenvalue weighted by Crippen LogP contribution is 2.22. The summed E-state index contributed by atoms with van der Waals surface area (Å²) in [6, 6.07) is 5.59. The molecule has 15 heavy (non-hydrogen) atoms. The summed E-state index contributed by atoms with van der Waals surface area (Å²) >= 11 is 3.35. The van der Waals surface area contributed by atoms with Crippen LogP contribution in [0.4, 0.5) is 4.79 Å². The maximum Gasteiger partial charge on any atom is 0.407 e. The third-order valence-electron chi connectivity index (χ3n) is 1.85. The molecule has 0 aliphatic heterocycles. The van der Waals surface area contributed by atoms with E-state index in [0.717, 1.165) is 15.8 Å². The molecule has 1 aromatic carbocycles. The van der Waals surface area contributed by atoms with Crippen LogP contribution in [-0.4, -0.2) is 20.3 Å². The fourth-order valence-corrected chi connectivity index (χ4v) is 1.53. The molecule has 1 rings (SSSR count). The Balaban J connectivity index is 2.74. The Hall–Kier alpha value is -1.23. The van der Waals surface area contributed by atoms with E-state index in [0.29, 0.717) is 6.54 Å². The van der Waals surface area contributed by atoms with Gasteiger partial charge >= 0.3 is 6.09 Å². The van der Waals surface area contributed by atoms with Gasteiger partial charge in [-0.15, -0.1) is 0 Å². The quantitative estimate of drug-likeness (QED) is 0.920. The predicted octanol–water partition coefficient (Wildman–Crippen LogP) is 2.31. The molecule has 0 fully saturated rings. The molecule has 5 heteroatoms. The third-order valence-corrected chi connectivity index (χ3v) is 2.34. The smallest absolute Gasteiger partial charge is 0.407 e. The molecule has 0 aliphatic carbocycles. The molecule has 0 saturated heterocycles. The summed E-state index contributed by atoms with van der Waals surface area (Å²) in [6.07, 6.45) is -0.461. The zero-order valence-corrected chi connectivity index (χ0v) is 10.1. The van der Waals surface area contributed by atoms with Crippen LogP contribution >= 0.6 is 15.9 Å². The first-order chi connectivity index (χ1) is 7.17. The summed E-state index contributed by atoms with van der Waals surface area (Å²) in [5.41, 5.74) is 0.886. The van der Waals surface area contributed by atoms with Crippen molar-refractivity contribution in [3.05, 3.63) is 28.2 Å². The van der Waals surface area contributed by atoms with Gasteiger partial charge in [0.25, 0.3) is 0 Å². The van der Waals surface area contributed by atoms with Gasteiger partial charge in [0, 0.05) is 16.6 Å². The minimum Gasteiger partial charge on any atom is -0.496 e. The number of hydrogen-bond donors (Lipinski definition) is 1. The number of amides is 1. The molecule has 1 amide bonds. The number of alkyl carbamates (subject to hydrolysis) is 1. The number of benzene rings is 1. The number of carbonyl (C=O) groups is 1. The summed E-state index contributed by atoms with van der Waals surface area (Å²) in [4.78, 5) is 10.9. The Morgan fingerprint density at radius 3 is 2.80 bits per heavy atom. The average molecular weight is 274 g/mol. The van der Waals surface area contributed by atoms with Gasteiger partial charge in [-0.1, -0.05) is 15.9 Å². The molecule has 0 unspecified atom stereocenters. The van der Waals surface area contributed by atoms with Gasteiger partial charge in [0.15, 0.2) is 0 Å². The Labute approximate surface area is 96.7 Å². The second kappa shape index (κ2) is 5.60. The van der Waals surface area contributed by atoms with Crippen LogP contribution in [0.5, 0.6) is 5.75 Å². The first kappa shape index (κ1) is 11.8. The Bertz CT molecular complexity index is 355. The first-order valence-electron chi connectivity index (χ1n) is 4.31. The summed E-state index contributed by atoms with van der Waals surface area (Å²) in [5.74, 6) is 0.731. The normalized spacial score (nSPS) is 9.53.